The molecule has 1 aromatic rings. The molecule has 1 aromatic heterocycles. The summed E-state index contributed by atoms with van der Waals surface area (Å²) in [5.41, 5.74) is 0.947. The Morgan fingerprint density at radius 3 is 3.18 bits per heavy atom. The van der Waals surface area contributed by atoms with Crippen molar-refractivity contribution in [2.24, 2.45) is 0 Å². The third-order valence-electron chi connectivity index (χ3n) is 1.17. The van der Waals surface area contributed by atoms with E-state index < -0.39 is 11.3 Å². The summed E-state index contributed by atoms with van der Waals surface area (Å²) in [7, 11) is 0. The van der Waals surface area contributed by atoms with Crippen molar-refractivity contribution in [3.63, 3.8) is 0 Å². The number of hydrogen-bond donors (Lipinski definition) is 3. The number of nitrogens with zero attached hydrogens (tertiary/aromatic N) is 1. The van der Waals surface area contributed by atoms with Crippen LogP contribution in [0.15, 0.2) is 12.5 Å². The zero-order valence-electron chi connectivity index (χ0n) is 5.78. The van der Waals surface area contributed by atoms with E-state index in [9.17, 15) is 4.21 Å². The highest BCUT2D eigenvalue weighted by Crippen LogP contribution is 1.89. The number of aromatic nitrogens is 2. The van der Waals surface area contributed by atoms with Gasteiger partial charge in [-0.1, -0.05) is 0 Å². The van der Waals surface area contributed by atoms with E-state index in [1.807, 2.05) is 0 Å². The zero-order chi connectivity index (χ0) is 8.10. The van der Waals surface area contributed by atoms with Crippen LogP contribution < -0.4 is 4.72 Å². The van der Waals surface area contributed by atoms with Crippen molar-refractivity contribution >= 4 is 11.3 Å². The van der Waals surface area contributed by atoms with Gasteiger partial charge in [-0.25, -0.2) is 13.9 Å². The molecule has 0 fully saturated rings. The molecule has 0 aliphatic rings. The second kappa shape index (κ2) is 4.22. The molecule has 1 heterocycles. The van der Waals surface area contributed by atoms with Gasteiger partial charge in [-0.15, -0.1) is 0 Å². The molecule has 0 aliphatic carbocycles. The summed E-state index contributed by atoms with van der Waals surface area (Å²) >= 11 is -1.91. The van der Waals surface area contributed by atoms with Gasteiger partial charge >= 0.3 is 0 Å². The fraction of sp³-hybridized carbons (Fsp3) is 0.400. The molecule has 0 saturated heterocycles. The number of aromatic amines is 1. The van der Waals surface area contributed by atoms with E-state index in [1.165, 1.54) is 0 Å². The molecular formula is C5H9N3O2S. The smallest absolute Gasteiger partial charge is 0.231 e. The molecule has 6 heteroatoms. The number of rotatable bonds is 4. The van der Waals surface area contributed by atoms with E-state index in [2.05, 4.69) is 14.7 Å². The third kappa shape index (κ3) is 3.26. The molecule has 0 aliphatic heterocycles. The fourth-order valence-electron chi connectivity index (χ4n) is 0.694. The molecule has 3 N–H and O–H groups in total. The Labute approximate surface area is 66.7 Å². The Bertz CT molecular complexity index is 224. The average Bonchev–Trinajstić information content (AvgIpc) is 2.39. The maximum Gasteiger partial charge on any atom is 0.231 e. The topological polar surface area (TPSA) is 78.0 Å². The normalized spacial score (nSPS) is 13.2. The standard InChI is InChI=1S/C5H9N3O2S/c9-11(10)8-2-1-5-3-6-4-7-5/h3-4,8H,1-2H2,(H,6,7)(H,9,10). The summed E-state index contributed by atoms with van der Waals surface area (Å²) in [5, 5.41) is 0. The first kappa shape index (κ1) is 8.38. The van der Waals surface area contributed by atoms with Gasteiger partial charge in [0.2, 0.25) is 11.3 Å². The van der Waals surface area contributed by atoms with Crippen LogP contribution in [0.5, 0.6) is 0 Å². The average molecular weight is 175 g/mol. The van der Waals surface area contributed by atoms with Gasteiger partial charge in [0.25, 0.3) is 0 Å². The SMILES string of the molecule is O=S(O)NCCc1cnc[nH]1. The van der Waals surface area contributed by atoms with Crippen molar-refractivity contribution in [1.29, 1.82) is 0 Å². The third-order valence-corrected chi connectivity index (χ3v) is 1.63. The molecule has 1 atom stereocenters. The minimum absolute atomic E-state index is 0.464. The predicted molar refractivity (Wildman–Crippen MR) is 41.1 cm³/mol. The lowest BCUT2D eigenvalue weighted by molar-refractivity contribution is 0.549. The van der Waals surface area contributed by atoms with Crippen molar-refractivity contribution < 1.29 is 8.76 Å². The van der Waals surface area contributed by atoms with Crippen molar-refractivity contribution in [2.75, 3.05) is 6.54 Å². The van der Waals surface area contributed by atoms with Gasteiger partial charge in [0.1, 0.15) is 0 Å². The van der Waals surface area contributed by atoms with Crippen LogP contribution in [0.3, 0.4) is 0 Å². The minimum atomic E-state index is -1.91. The Morgan fingerprint density at radius 1 is 1.82 bits per heavy atom. The van der Waals surface area contributed by atoms with E-state index in [0.29, 0.717) is 13.0 Å². The first-order valence-electron chi connectivity index (χ1n) is 3.10. The van der Waals surface area contributed by atoms with Gasteiger partial charge in [-0.2, -0.15) is 0 Å². The second-order valence-corrected chi connectivity index (χ2v) is 2.76. The van der Waals surface area contributed by atoms with Crippen LogP contribution >= 0.6 is 0 Å². The molecule has 1 unspecified atom stereocenters. The van der Waals surface area contributed by atoms with E-state index >= 15 is 0 Å². The van der Waals surface area contributed by atoms with Crippen molar-refractivity contribution in [2.45, 2.75) is 6.42 Å². The summed E-state index contributed by atoms with van der Waals surface area (Å²) in [6.45, 7) is 0.464. The molecule has 0 radical (unpaired) electrons. The Balaban J connectivity index is 2.19. The summed E-state index contributed by atoms with van der Waals surface area (Å²) < 4.78 is 20.8. The molecule has 0 spiro atoms. The number of H-pyrrole nitrogens is 1. The first-order valence-corrected chi connectivity index (χ1v) is 4.21. The van der Waals surface area contributed by atoms with Gasteiger partial charge in [-0.3, -0.25) is 4.55 Å². The first-order chi connectivity index (χ1) is 5.29. The highest BCUT2D eigenvalue weighted by molar-refractivity contribution is 7.77. The summed E-state index contributed by atoms with van der Waals surface area (Å²) in [4.78, 5) is 6.68. The van der Waals surface area contributed by atoms with E-state index in [-0.39, 0.29) is 0 Å². The molecular weight excluding hydrogens is 166 g/mol. The van der Waals surface area contributed by atoms with Gasteiger partial charge in [0.15, 0.2) is 0 Å². The van der Waals surface area contributed by atoms with E-state index in [1.54, 1.807) is 12.5 Å². The predicted octanol–water partition coefficient (Wildman–Crippen LogP) is -0.322. The molecule has 11 heavy (non-hydrogen) atoms. The Kier molecular flexibility index (Phi) is 3.21. The molecule has 62 valence electrons. The molecule has 0 amide bonds. The van der Waals surface area contributed by atoms with Gasteiger partial charge in [-0.05, 0) is 0 Å². The van der Waals surface area contributed by atoms with Crippen molar-refractivity contribution in [3.8, 4) is 0 Å². The van der Waals surface area contributed by atoms with Gasteiger partial charge < -0.3 is 4.98 Å². The van der Waals surface area contributed by atoms with Crippen LogP contribution in [-0.2, 0) is 17.7 Å². The fourth-order valence-corrected chi connectivity index (χ4v) is 0.971. The van der Waals surface area contributed by atoms with Crippen molar-refractivity contribution in [3.05, 3.63) is 18.2 Å². The van der Waals surface area contributed by atoms with Crippen LogP contribution in [0, 0.1) is 0 Å². The summed E-state index contributed by atoms with van der Waals surface area (Å²) in [6.07, 6.45) is 3.93. The molecule has 0 saturated carbocycles. The van der Waals surface area contributed by atoms with Crippen LogP contribution in [0.25, 0.3) is 0 Å². The molecule has 5 nitrogen and oxygen atoms in total. The van der Waals surface area contributed by atoms with Crippen LogP contribution in [0.4, 0.5) is 0 Å². The maximum absolute atomic E-state index is 10.1. The summed E-state index contributed by atoms with van der Waals surface area (Å²) in [6, 6.07) is 0. The van der Waals surface area contributed by atoms with Crippen LogP contribution in [-0.4, -0.2) is 25.3 Å². The minimum Gasteiger partial charge on any atom is -0.348 e. The van der Waals surface area contributed by atoms with Gasteiger partial charge in [0.05, 0.1) is 6.33 Å². The number of imidazole rings is 1. The molecule has 1 rings (SSSR count). The van der Waals surface area contributed by atoms with Crippen LogP contribution in [0.2, 0.25) is 0 Å². The molecule has 0 aromatic carbocycles. The van der Waals surface area contributed by atoms with Crippen molar-refractivity contribution in [1.82, 2.24) is 14.7 Å². The quantitative estimate of drug-likeness (QED) is 0.549. The Morgan fingerprint density at radius 2 is 2.64 bits per heavy atom. The largest absolute Gasteiger partial charge is 0.348 e. The summed E-state index contributed by atoms with van der Waals surface area (Å²) in [5.74, 6) is 0. The maximum atomic E-state index is 10.1. The second-order valence-electron chi connectivity index (χ2n) is 1.97. The lowest BCUT2D eigenvalue weighted by atomic mass is 10.3. The van der Waals surface area contributed by atoms with E-state index in [0.717, 1.165) is 5.69 Å². The monoisotopic (exact) mass is 175 g/mol. The lowest BCUT2D eigenvalue weighted by Crippen LogP contribution is -2.19. The van der Waals surface area contributed by atoms with Gasteiger partial charge in [0, 0.05) is 24.9 Å². The number of nitrogens with one attached hydrogen (secondary N) is 2. The van der Waals surface area contributed by atoms with E-state index in [4.69, 9.17) is 4.55 Å². The number of hydrogen-bond acceptors (Lipinski definition) is 2. The molecule has 0 bridgehead atoms. The lowest BCUT2D eigenvalue weighted by Gasteiger charge is -1.95. The Hall–Kier alpha value is -0.720. The van der Waals surface area contributed by atoms with Crippen LogP contribution in [0.1, 0.15) is 5.69 Å². The highest BCUT2D eigenvalue weighted by atomic mass is 32.2. The zero-order valence-corrected chi connectivity index (χ0v) is 6.60. The highest BCUT2D eigenvalue weighted by Gasteiger charge is 1.94.